The summed E-state index contributed by atoms with van der Waals surface area (Å²) in [5.74, 6) is 0. The molecule has 1 heterocycles. The Labute approximate surface area is 87.6 Å². The van der Waals surface area contributed by atoms with Gasteiger partial charge in [-0.25, -0.2) is 4.99 Å². The monoisotopic (exact) mass is 197 g/mol. The van der Waals surface area contributed by atoms with Crippen molar-refractivity contribution in [3.63, 3.8) is 0 Å². The molecule has 1 aromatic rings. The summed E-state index contributed by atoms with van der Waals surface area (Å²) in [4.78, 5) is 6.96. The van der Waals surface area contributed by atoms with Gasteiger partial charge in [-0.3, -0.25) is 0 Å². The molecule has 0 fully saturated rings. The van der Waals surface area contributed by atoms with Crippen LogP contribution >= 0.6 is 0 Å². The number of aliphatic imine (C=N–C) groups is 1. The first-order valence-corrected chi connectivity index (χ1v) is 4.61. The zero-order valence-electron chi connectivity index (χ0n) is 8.25. The van der Waals surface area contributed by atoms with Gasteiger partial charge < -0.3 is 0 Å². The van der Waals surface area contributed by atoms with E-state index in [9.17, 15) is 0 Å². The molecule has 0 radical (unpaired) electrons. The predicted molar refractivity (Wildman–Crippen MR) is 59.9 cm³/mol. The maximum absolute atomic E-state index is 8.35. The van der Waals surface area contributed by atoms with Crippen LogP contribution in [0.25, 0.3) is 16.5 Å². The van der Waals surface area contributed by atoms with Crippen LogP contribution in [0.15, 0.2) is 28.3 Å². The van der Waals surface area contributed by atoms with Crippen LogP contribution in [-0.4, -0.2) is 6.21 Å². The summed E-state index contributed by atoms with van der Waals surface area (Å²) in [6.45, 7) is 1.86. The van der Waals surface area contributed by atoms with Gasteiger partial charge in [-0.05, 0) is 17.2 Å². The van der Waals surface area contributed by atoms with Crippen molar-refractivity contribution in [3.8, 4) is 0 Å². The molecule has 1 unspecified atom stereocenters. The van der Waals surface area contributed by atoms with Gasteiger partial charge in [0.15, 0.2) is 18.0 Å². The predicted octanol–water partition coefficient (Wildman–Crippen LogP) is 3.59. The highest BCUT2D eigenvalue weighted by molar-refractivity contribution is 5.83. The normalized spacial score (nSPS) is 13.7. The second-order valence-corrected chi connectivity index (χ2v) is 3.27. The molecular formula is C11H9N4+. The zero-order valence-corrected chi connectivity index (χ0v) is 8.25. The van der Waals surface area contributed by atoms with E-state index in [2.05, 4.69) is 21.1 Å². The van der Waals surface area contributed by atoms with Gasteiger partial charge in [0.2, 0.25) is 0 Å². The highest BCUT2D eigenvalue weighted by atomic mass is 15.1. The number of rotatable bonds is 2. The third-order valence-corrected chi connectivity index (χ3v) is 2.28. The molecule has 0 amide bonds. The van der Waals surface area contributed by atoms with E-state index in [1.807, 2.05) is 31.2 Å². The second kappa shape index (κ2) is 3.93. The fraction of sp³-hybridized carbons (Fsp3) is 0.182. The van der Waals surface area contributed by atoms with Gasteiger partial charge in [-0.1, -0.05) is 18.1 Å². The topological polar surface area (TPSA) is 61.1 Å². The zero-order chi connectivity index (χ0) is 10.7. The molecule has 1 aliphatic rings. The van der Waals surface area contributed by atoms with Crippen LogP contribution in [0.2, 0.25) is 0 Å². The van der Waals surface area contributed by atoms with Crippen molar-refractivity contribution in [2.75, 3.05) is 0 Å². The molecule has 4 heteroatoms. The summed E-state index contributed by atoms with van der Waals surface area (Å²) >= 11 is 0. The number of nitrogens with zero attached hydrogens (tertiary/aromatic N) is 4. The molecule has 0 saturated carbocycles. The maximum Gasteiger partial charge on any atom is 0.173 e. The first kappa shape index (κ1) is 9.41. The van der Waals surface area contributed by atoms with E-state index in [1.165, 1.54) is 0 Å². The van der Waals surface area contributed by atoms with E-state index >= 15 is 0 Å². The number of allylic oxidation sites excluding steroid dienone is 1. The molecule has 0 aliphatic carbocycles. The lowest BCUT2D eigenvalue weighted by molar-refractivity contribution is 0.807. The van der Waals surface area contributed by atoms with Gasteiger partial charge in [0.1, 0.15) is 11.6 Å². The van der Waals surface area contributed by atoms with Crippen LogP contribution in [0.4, 0.5) is 5.69 Å². The molecule has 0 aromatic heterocycles. The Morgan fingerprint density at radius 3 is 3.20 bits per heavy atom. The lowest BCUT2D eigenvalue weighted by Gasteiger charge is -2.04. The Hall–Kier alpha value is -2.15. The van der Waals surface area contributed by atoms with Gasteiger partial charge >= 0.3 is 0 Å². The number of hydrogen-bond donors (Lipinski definition) is 0. The first-order chi connectivity index (χ1) is 7.31. The summed E-state index contributed by atoms with van der Waals surface area (Å²) in [7, 11) is 0. The quantitative estimate of drug-likeness (QED) is 0.301. The molecule has 2 rings (SSSR count). The maximum atomic E-state index is 8.35. The van der Waals surface area contributed by atoms with Crippen molar-refractivity contribution >= 4 is 18.0 Å². The van der Waals surface area contributed by atoms with E-state index in [4.69, 9.17) is 5.53 Å². The van der Waals surface area contributed by atoms with Crippen LogP contribution < -0.4 is 0 Å². The molecule has 1 aromatic carbocycles. The third-order valence-electron chi connectivity index (χ3n) is 2.28. The largest absolute Gasteiger partial charge is 0.203 e. The lowest BCUT2D eigenvalue weighted by Crippen LogP contribution is -1.90. The molecular weight excluding hydrogens is 188 g/mol. The van der Waals surface area contributed by atoms with Crippen LogP contribution in [0.5, 0.6) is 0 Å². The standard InChI is InChI=1S/C11H9N4/c1-8(14-15-12)9-4-5-11-10(7-9)3-2-6-13-11/h3-8H,1H3/q+1. The highest BCUT2D eigenvalue weighted by Crippen LogP contribution is 2.27. The van der Waals surface area contributed by atoms with Crippen LogP contribution in [0.3, 0.4) is 0 Å². The molecule has 4 nitrogen and oxygen atoms in total. The summed E-state index contributed by atoms with van der Waals surface area (Å²) in [5, 5.41) is 3.65. The smallest absolute Gasteiger partial charge is 0.173 e. The fourth-order valence-corrected chi connectivity index (χ4v) is 1.44. The van der Waals surface area contributed by atoms with Crippen LogP contribution in [-0.2, 0) is 0 Å². The van der Waals surface area contributed by atoms with E-state index in [-0.39, 0.29) is 6.04 Å². The average molecular weight is 197 g/mol. The Morgan fingerprint density at radius 1 is 1.53 bits per heavy atom. The van der Waals surface area contributed by atoms with Crippen molar-refractivity contribution in [2.45, 2.75) is 13.0 Å². The highest BCUT2D eigenvalue weighted by Gasteiger charge is 2.13. The minimum atomic E-state index is -0.153. The van der Waals surface area contributed by atoms with Gasteiger partial charge in [0.25, 0.3) is 0 Å². The minimum Gasteiger partial charge on any atom is -0.203 e. The van der Waals surface area contributed by atoms with Crippen LogP contribution in [0.1, 0.15) is 24.1 Å². The Balaban J connectivity index is 2.41. The van der Waals surface area contributed by atoms with E-state index in [1.54, 1.807) is 6.21 Å². The second-order valence-electron chi connectivity index (χ2n) is 3.27. The first-order valence-electron chi connectivity index (χ1n) is 4.61. The van der Waals surface area contributed by atoms with E-state index in [0.29, 0.717) is 0 Å². The molecule has 1 aliphatic heterocycles. The summed E-state index contributed by atoms with van der Waals surface area (Å²) in [5.41, 5.74) is 11.3. The third kappa shape index (κ3) is 1.86. The minimum absolute atomic E-state index is 0.153. The molecule has 0 bridgehead atoms. The molecule has 72 valence electrons. The van der Waals surface area contributed by atoms with Crippen molar-refractivity contribution < 1.29 is 0 Å². The molecule has 0 saturated heterocycles. The van der Waals surface area contributed by atoms with Crippen molar-refractivity contribution in [3.05, 3.63) is 45.8 Å². The summed E-state index contributed by atoms with van der Waals surface area (Å²) < 4.78 is 0. The summed E-state index contributed by atoms with van der Waals surface area (Å²) in [6, 6.07) is 5.66. The van der Waals surface area contributed by atoms with Crippen molar-refractivity contribution in [2.24, 2.45) is 10.1 Å². The van der Waals surface area contributed by atoms with E-state index in [0.717, 1.165) is 16.8 Å². The number of fused-ring (bicyclic) bond motifs is 1. The van der Waals surface area contributed by atoms with Gasteiger partial charge in [-0.2, -0.15) is 0 Å². The van der Waals surface area contributed by atoms with Crippen molar-refractivity contribution in [1.82, 2.24) is 0 Å². The molecule has 1 atom stereocenters. The average Bonchev–Trinajstić information content (AvgIpc) is 2.29. The molecule has 15 heavy (non-hydrogen) atoms. The Morgan fingerprint density at radius 2 is 2.40 bits per heavy atom. The number of hydrogen-bond acceptors (Lipinski definition) is 2. The Kier molecular flexibility index (Phi) is 2.46. The van der Waals surface area contributed by atoms with Gasteiger partial charge in [0, 0.05) is 11.0 Å². The number of azide groups is 1. The summed E-state index contributed by atoms with van der Waals surface area (Å²) in [6.07, 6.45) is 6.43. The van der Waals surface area contributed by atoms with Crippen LogP contribution in [0, 0.1) is 6.08 Å². The molecule has 0 N–H and O–H groups in total. The SMILES string of the molecule is CC(N=[N+]=[N-])c1ccc2c(c1)C=[C+]C=N2. The van der Waals surface area contributed by atoms with Crippen molar-refractivity contribution in [1.29, 1.82) is 0 Å². The fourth-order valence-electron chi connectivity index (χ4n) is 1.44. The Bertz CT molecular complexity index is 481. The van der Waals surface area contributed by atoms with E-state index < -0.39 is 0 Å². The lowest BCUT2D eigenvalue weighted by atomic mass is 10.0. The van der Waals surface area contributed by atoms with Gasteiger partial charge in [0.05, 0.1) is 6.04 Å². The molecule has 0 spiro atoms. The number of benzene rings is 1. The van der Waals surface area contributed by atoms with Gasteiger partial charge in [-0.15, -0.1) is 0 Å².